The average Bonchev–Trinajstić information content (AvgIpc) is 2.88. The molecular weight excluding hydrogens is 502 g/mol. The van der Waals surface area contributed by atoms with E-state index in [4.69, 9.17) is 9.47 Å². The Bertz CT molecular complexity index is 1220. The molecular formula is C24H23N5O9. The van der Waals surface area contributed by atoms with Crippen molar-refractivity contribution in [2.24, 2.45) is 36.7 Å². The maximum absolute atomic E-state index is 12.5. The van der Waals surface area contributed by atoms with E-state index in [0.29, 0.717) is 11.1 Å². The van der Waals surface area contributed by atoms with Crippen LogP contribution in [0, 0.1) is 35.4 Å². The van der Waals surface area contributed by atoms with Crippen LogP contribution in [0.4, 0.5) is 5.69 Å². The minimum atomic E-state index is -1.57. The van der Waals surface area contributed by atoms with Gasteiger partial charge in [0.2, 0.25) is 0 Å². The maximum Gasteiger partial charge on any atom is 0.321 e. The third kappa shape index (κ3) is 7.81. The summed E-state index contributed by atoms with van der Waals surface area (Å²) in [6.45, 7) is 0.671. The number of esters is 2. The molecule has 0 fully saturated rings. The van der Waals surface area contributed by atoms with Crippen LogP contribution in [-0.2, 0) is 9.59 Å². The molecule has 14 heteroatoms. The van der Waals surface area contributed by atoms with E-state index in [1.165, 1.54) is 44.2 Å². The monoisotopic (exact) mass is 525 g/mol. The molecule has 0 spiro atoms. The zero-order valence-electron chi connectivity index (χ0n) is 20.4. The van der Waals surface area contributed by atoms with Crippen molar-refractivity contribution >= 4 is 29.8 Å². The standard InChI is InChI=1S/C24H23N5O9/c1-23(12-25-32,13-26-33)21(30)37-19-7-5-16(6-8-19)3-4-17-9-18(29-36)11-20(10-17)38-22(31)24(2,14-27-34)15-28-35/h3-11H,12-15H2,1-2H3/b4-3+. The minimum Gasteiger partial charge on any atom is -0.426 e. The highest BCUT2D eigenvalue weighted by molar-refractivity contribution is 5.81. The van der Waals surface area contributed by atoms with Crippen LogP contribution in [0.15, 0.2) is 68.3 Å². The van der Waals surface area contributed by atoms with Gasteiger partial charge in [-0.25, -0.2) is 0 Å². The molecule has 0 unspecified atom stereocenters. The molecule has 2 aromatic rings. The summed E-state index contributed by atoms with van der Waals surface area (Å²) >= 11 is 0. The van der Waals surface area contributed by atoms with Gasteiger partial charge in [-0.2, -0.15) is 19.6 Å². The Hall–Kier alpha value is -4.88. The first-order valence-corrected chi connectivity index (χ1v) is 11.0. The number of nitrogens with zero attached hydrogens (tertiary/aromatic N) is 5. The van der Waals surface area contributed by atoms with Crippen molar-refractivity contribution in [2.45, 2.75) is 13.8 Å². The Morgan fingerprint density at radius 1 is 0.658 bits per heavy atom. The molecule has 0 aliphatic carbocycles. The highest BCUT2D eigenvalue weighted by Crippen LogP contribution is 2.28. The molecule has 0 atom stereocenters. The zero-order valence-corrected chi connectivity index (χ0v) is 20.4. The van der Waals surface area contributed by atoms with Crippen molar-refractivity contribution in [3.8, 4) is 11.5 Å². The van der Waals surface area contributed by atoms with Crippen molar-refractivity contribution in [3.05, 3.63) is 78.1 Å². The molecule has 38 heavy (non-hydrogen) atoms. The number of rotatable bonds is 15. The summed E-state index contributed by atoms with van der Waals surface area (Å²) in [6.07, 6.45) is 3.24. The van der Waals surface area contributed by atoms with Gasteiger partial charge in [-0.15, -0.1) is 4.91 Å². The van der Waals surface area contributed by atoms with Gasteiger partial charge >= 0.3 is 11.9 Å². The Kier molecular flexibility index (Phi) is 10.4. The van der Waals surface area contributed by atoms with E-state index in [2.05, 4.69) is 25.9 Å². The maximum atomic E-state index is 12.5. The fraction of sp³-hybridized carbons (Fsp3) is 0.333. The quantitative estimate of drug-likeness (QED) is 0.130. The normalized spacial score (nSPS) is 11.4. The molecule has 0 aromatic heterocycles. The predicted octanol–water partition coefficient (Wildman–Crippen LogP) is 5.14. The van der Waals surface area contributed by atoms with Crippen LogP contribution < -0.4 is 9.47 Å². The summed E-state index contributed by atoms with van der Waals surface area (Å²) in [4.78, 5) is 78.6. The second-order valence-corrected chi connectivity index (χ2v) is 8.80. The molecule has 0 N–H and O–H groups in total. The van der Waals surface area contributed by atoms with Gasteiger partial charge in [-0.3, -0.25) is 9.59 Å². The van der Waals surface area contributed by atoms with Gasteiger partial charge < -0.3 is 9.47 Å². The molecule has 198 valence electrons. The number of hydrogen-bond donors (Lipinski definition) is 0. The Labute approximate surface area is 215 Å². The lowest BCUT2D eigenvalue weighted by Gasteiger charge is -2.20. The number of carbonyl (C=O) groups is 2. The Morgan fingerprint density at radius 2 is 1.11 bits per heavy atom. The summed E-state index contributed by atoms with van der Waals surface area (Å²) < 4.78 is 10.5. The molecule has 0 heterocycles. The van der Waals surface area contributed by atoms with Gasteiger partial charge in [-0.05, 0) is 54.4 Å². The van der Waals surface area contributed by atoms with Crippen molar-refractivity contribution in [1.82, 2.24) is 0 Å². The van der Waals surface area contributed by atoms with Gasteiger partial charge in [0.1, 0.15) is 28.0 Å². The Morgan fingerprint density at radius 3 is 1.55 bits per heavy atom. The first-order valence-electron chi connectivity index (χ1n) is 11.0. The average molecular weight is 525 g/mol. The summed E-state index contributed by atoms with van der Waals surface area (Å²) in [5, 5.41) is 13.5. The van der Waals surface area contributed by atoms with Crippen molar-refractivity contribution in [3.63, 3.8) is 0 Å². The summed E-state index contributed by atoms with van der Waals surface area (Å²) in [7, 11) is 0. The topological polar surface area (TPSA) is 200 Å². The number of carbonyl (C=O) groups excluding carboxylic acids is 2. The summed E-state index contributed by atoms with van der Waals surface area (Å²) in [5.74, 6) is -1.64. The third-order valence-electron chi connectivity index (χ3n) is 5.43. The van der Waals surface area contributed by atoms with E-state index >= 15 is 0 Å². The van der Waals surface area contributed by atoms with Crippen molar-refractivity contribution < 1.29 is 19.1 Å². The fourth-order valence-electron chi connectivity index (χ4n) is 3.04. The predicted molar refractivity (Wildman–Crippen MR) is 137 cm³/mol. The van der Waals surface area contributed by atoms with Gasteiger partial charge in [-0.1, -0.05) is 45.0 Å². The van der Waals surface area contributed by atoms with Gasteiger partial charge in [0.05, 0.1) is 26.2 Å². The van der Waals surface area contributed by atoms with Crippen LogP contribution in [-0.4, -0.2) is 38.1 Å². The van der Waals surface area contributed by atoms with Crippen molar-refractivity contribution in [2.75, 3.05) is 26.2 Å². The van der Waals surface area contributed by atoms with Crippen molar-refractivity contribution in [1.29, 1.82) is 0 Å². The smallest absolute Gasteiger partial charge is 0.321 e. The van der Waals surface area contributed by atoms with E-state index < -0.39 is 48.9 Å². The van der Waals surface area contributed by atoms with Gasteiger partial charge in [0, 0.05) is 6.07 Å². The Balaban J connectivity index is 2.19. The second-order valence-electron chi connectivity index (χ2n) is 8.80. The molecule has 0 radical (unpaired) electrons. The molecule has 0 bridgehead atoms. The fourth-order valence-corrected chi connectivity index (χ4v) is 3.04. The van der Waals surface area contributed by atoms with E-state index in [1.54, 1.807) is 24.3 Å². The minimum absolute atomic E-state index is 0.0429. The molecule has 2 rings (SSSR count). The van der Waals surface area contributed by atoms with Crippen LogP contribution in [0.1, 0.15) is 25.0 Å². The van der Waals surface area contributed by atoms with Crippen LogP contribution in [0.5, 0.6) is 11.5 Å². The van der Waals surface area contributed by atoms with Gasteiger partial charge in [0.25, 0.3) is 0 Å². The first-order chi connectivity index (χ1) is 18.1. The number of hydrogen-bond acceptors (Lipinski definition) is 14. The van der Waals surface area contributed by atoms with Crippen LogP contribution in [0.3, 0.4) is 0 Å². The zero-order chi connectivity index (χ0) is 28.2. The highest BCUT2D eigenvalue weighted by atomic mass is 16.5. The molecule has 14 nitrogen and oxygen atoms in total. The number of ether oxygens (including phenoxy) is 2. The lowest BCUT2D eigenvalue weighted by atomic mass is 9.91. The molecule has 2 aromatic carbocycles. The van der Waals surface area contributed by atoms with E-state index in [9.17, 15) is 34.1 Å². The van der Waals surface area contributed by atoms with Crippen LogP contribution in [0.25, 0.3) is 12.2 Å². The second kappa shape index (κ2) is 13.4. The molecule has 0 saturated heterocycles. The third-order valence-corrected chi connectivity index (χ3v) is 5.43. The largest absolute Gasteiger partial charge is 0.426 e. The first kappa shape index (κ1) is 29.4. The number of benzene rings is 2. The molecule has 0 aliphatic heterocycles. The summed E-state index contributed by atoms with van der Waals surface area (Å²) in [6, 6.07) is 10.3. The summed E-state index contributed by atoms with van der Waals surface area (Å²) in [5.41, 5.74) is -2.01. The SMILES string of the molecule is CC(CN=O)(CN=O)C(=O)Oc1ccc(/C=C/c2cc(N=O)cc(OC(=O)C(C)(CN=O)CN=O)c2)cc1. The van der Waals surface area contributed by atoms with Gasteiger partial charge in [0.15, 0.2) is 0 Å². The lowest BCUT2D eigenvalue weighted by molar-refractivity contribution is -0.144. The van der Waals surface area contributed by atoms with E-state index in [0.717, 1.165) is 0 Å². The molecule has 0 saturated carbocycles. The van der Waals surface area contributed by atoms with E-state index in [1.807, 2.05) is 0 Å². The lowest BCUT2D eigenvalue weighted by Crippen LogP contribution is -2.37. The molecule has 0 aliphatic rings. The molecule has 0 amide bonds. The number of nitroso groups, excluding NO2 is 5. The van der Waals surface area contributed by atoms with E-state index in [-0.39, 0.29) is 17.2 Å². The van der Waals surface area contributed by atoms with Crippen LogP contribution >= 0.6 is 0 Å². The highest BCUT2D eigenvalue weighted by Gasteiger charge is 2.37. The van der Waals surface area contributed by atoms with Crippen LogP contribution in [0.2, 0.25) is 0 Å².